The van der Waals surface area contributed by atoms with Gasteiger partial charge in [0.1, 0.15) is 0 Å². The number of ether oxygens (including phenoxy) is 1. The number of rotatable bonds is 5. The molecule has 0 bridgehead atoms. The van der Waals surface area contributed by atoms with Crippen molar-refractivity contribution in [2.24, 2.45) is 0 Å². The van der Waals surface area contributed by atoms with Crippen molar-refractivity contribution in [1.82, 2.24) is 10.3 Å². The normalized spacial score (nSPS) is 10.6. The smallest absolute Gasteiger partial charge is 0.213 e. The standard InChI is InChI=1S/C11H18N2O/c1-4-12-8-10-6-5-7-11(13-10)14-9(2)3/h5-7,9,12H,4,8H2,1-3H3. The Labute approximate surface area is 85.5 Å². The summed E-state index contributed by atoms with van der Waals surface area (Å²) in [5.41, 5.74) is 1.02. The highest BCUT2D eigenvalue weighted by atomic mass is 16.5. The van der Waals surface area contributed by atoms with Crippen LogP contribution in [0.5, 0.6) is 5.88 Å². The van der Waals surface area contributed by atoms with E-state index in [1.165, 1.54) is 0 Å². The number of pyridine rings is 1. The molecule has 14 heavy (non-hydrogen) atoms. The van der Waals surface area contributed by atoms with Crippen LogP contribution in [0.15, 0.2) is 18.2 Å². The van der Waals surface area contributed by atoms with Crippen LogP contribution in [0.2, 0.25) is 0 Å². The minimum atomic E-state index is 0.178. The predicted molar refractivity (Wildman–Crippen MR) is 57.4 cm³/mol. The molecule has 0 aliphatic carbocycles. The van der Waals surface area contributed by atoms with E-state index in [0.29, 0.717) is 5.88 Å². The average Bonchev–Trinajstić information content (AvgIpc) is 2.14. The average molecular weight is 194 g/mol. The Morgan fingerprint density at radius 3 is 2.86 bits per heavy atom. The van der Waals surface area contributed by atoms with Gasteiger partial charge in [0.05, 0.1) is 11.8 Å². The summed E-state index contributed by atoms with van der Waals surface area (Å²) in [7, 11) is 0. The molecule has 0 fully saturated rings. The number of hydrogen-bond acceptors (Lipinski definition) is 3. The zero-order valence-electron chi connectivity index (χ0n) is 9.08. The van der Waals surface area contributed by atoms with Crippen molar-refractivity contribution in [3.8, 4) is 5.88 Å². The van der Waals surface area contributed by atoms with Crippen molar-refractivity contribution >= 4 is 0 Å². The molecule has 1 heterocycles. The Morgan fingerprint density at radius 1 is 1.43 bits per heavy atom. The van der Waals surface area contributed by atoms with E-state index in [9.17, 15) is 0 Å². The Hall–Kier alpha value is -1.09. The van der Waals surface area contributed by atoms with E-state index in [2.05, 4.69) is 17.2 Å². The quantitative estimate of drug-likeness (QED) is 0.778. The molecule has 1 aromatic rings. The maximum atomic E-state index is 5.50. The molecule has 0 radical (unpaired) electrons. The molecular weight excluding hydrogens is 176 g/mol. The maximum Gasteiger partial charge on any atom is 0.213 e. The summed E-state index contributed by atoms with van der Waals surface area (Å²) in [6.07, 6.45) is 0.178. The van der Waals surface area contributed by atoms with Gasteiger partial charge in [-0.15, -0.1) is 0 Å². The minimum Gasteiger partial charge on any atom is -0.475 e. The highest BCUT2D eigenvalue weighted by molar-refractivity contribution is 5.15. The lowest BCUT2D eigenvalue weighted by Crippen LogP contribution is -2.14. The first-order valence-electron chi connectivity index (χ1n) is 5.05. The van der Waals surface area contributed by atoms with Crippen molar-refractivity contribution in [2.75, 3.05) is 6.54 Å². The fourth-order valence-electron chi connectivity index (χ4n) is 1.12. The molecule has 1 N–H and O–H groups in total. The first-order valence-corrected chi connectivity index (χ1v) is 5.05. The largest absolute Gasteiger partial charge is 0.475 e. The third-order valence-corrected chi connectivity index (χ3v) is 1.69. The van der Waals surface area contributed by atoms with Gasteiger partial charge < -0.3 is 10.1 Å². The third-order valence-electron chi connectivity index (χ3n) is 1.69. The van der Waals surface area contributed by atoms with Crippen molar-refractivity contribution in [3.05, 3.63) is 23.9 Å². The summed E-state index contributed by atoms with van der Waals surface area (Å²) in [5, 5.41) is 3.23. The van der Waals surface area contributed by atoms with Crippen LogP contribution < -0.4 is 10.1 Å². The lowest BCUT2D eigenvalue weighted by atomic mass is 10.3. The van der Waals surface area contributed by atoms with Crippen molar-refractivity contribution in [2.45, 2.75) is 33.4 Å². The molecule has 0 aromatic carbocycles. The fraction of sp³-hybridized carbons (Fsp3) is 0.545. The lowest BCUT2D eigenvalue weighted by Gasteiger charge is -2.09. The van der Waals surface area contributed by atoms with Gasteiger partial charge in [0, 0.05) is 12.6 Å². The van der Waals surface area contributed by atoms with Crippen LogP contribution in [0.25, 0.3) is 0 Å². The second kappa shape index (κ2) is 5.60. The molecule has 0 amide bonds. The molecule has 1 aromatic heterocycles. The summed E-state index contributed by atoms with van der Waals surface area (Å²) < 4.78 is 5.50. The molecule has 0 aliphatic rings. The molecule has 0 saturated heterocycles. The zero-order chi connectivity index (χ0) is 10.4. The van der Waals surface area contributed by atoms with Crippen LogP contribution in [0, 0.1) is 0 Å². The summed E-state index contributed by atoms with van der Waals surface area (Å²) in [5.74, 6) is 0.704. The lowest BCUT2D eigenvalue weighted by molar-refractivity contribution is 0.232. The molecule has 3 nitrogen and oxygen atoms in total. The van der Waals surface area contributed by atoms with E-state index in [1.54, 1.807) is 0 Å². The Morgan fingerprint density at radius 2 is 2.21 bits per heavy atom. The highest BCUT2D eigenvalue weighted by Gasteiger charge is 2.00. The van der Waals surface area contributed by atoms with Gasteiger partial charge in [0.25, 0.3) is 0 Å². The number of aromatic nitrogens is 1. The van der Waals surface area contributed by atoms with Crippen molar-refractivity contribution in [1.29, 1.82) is 0 Å². The fourth-order valence-corrected chi connectivity index (χ4v) is 1.12. The number of nitrogens with one attached hydrogen (secondary N) is 1. The molecule has 0 aliphatic heterocycles. The second-order valence-corrected chi connectivity index (χ2v) is 3.41. The first-order chi connectivity index (χ1) is 6.72. The monoisotopic (exact) mass is 194 g/mol. The predicted octanol–water partition coefficient (Wildman–Crippen LogP) is 1.98. The number of nitrogens with zero attached hydrogens (tertiary/aromatic N) is 1. The van der Waals surface area contributed by atoms with Gasteiger partial charge in [-0.1, -0.05) is 13.0 Å². The molecule has 0 atom stereocenters. The summed E-state index contributed by atoms with van der Waals surface area (Å²) >= 11 is 0. The summed E-state index contributed by atoms with van der Waals surface area (Å²) in [6.45, 7) is 7.83. The van der Waals surface area contributed by atoms with Crippen LogP contribution in [-0.2, 0) is 6.54 Å². The van der Waals surface area contributed by atoms with E-state index in [1.807, 2.05) is 32.0 Å². The molecule has 1 rings (SSSR count). The summed E-state index contributed by atoms with van der Waals surface area (Å²) in [4.78, 5) is 4.37. The van der Waals surface area contributed by atoms with Gasteiger partial charge in [0.15, 0.2) is 0 Å². The van der Waals surface area contributed by atoms with Gasteiger partial charge in [0.2, 0.25) is 5.88 Å². The van der Waals surface area contributed by atoms with E-state index >= 15 is 0 Å². The highest BCUT2D eigenvalue weighted by Crippen LogP contribution is 2.09. The van der Waals surface area contributed by atoms with Crippen molar-refractivity contribution in [3.63, 3.8) is 0 Å². The molecule has 0 spiro atoms. The molecule has 78 valence electrons. The second-order valence-electron chi connectivity index (χ2n) is 3.41. The SMILES string of the molecule is CCNCc1cccc(OC(C)C)n1. The number of hydrogen-bond donors (Lipinski definition) is 1. The minimum absolute atomic E-state index is 0.178. The molecule has 0 saturated carbocycles. The Balaban J connectivity index is 2.59. The van der Waals surface area contributed by atoms with Gasteiger partial charge >= 0.3 is 0 Å². The topological polar surface area (TPSA) is 34.1 Å². The van der Waals surface area contributed by atoms with Crippen LogP contribution in [0.4, 0.5) is 0 Å². The Bertz CT molecular complexity index is 274. The van der Waals surface area contributed by atoms with E-state index < -0.39 is 0 Å². The summed E-state index contributed by atoms with van der Waals surface area (Å²) in [6, 6.07) is 5.85. The van der Waals surface area contributed by atoms with Crippen LogP contribution in [-0.4, -0.2) is 17.6 Å². The van der Waals surface area contributed by atoms with Gasteiger partial charge in [-0.2, -0.15) is 0 Å². The van der Waals surface area contributed by atoms with Gasteiger partial charge in [-0.3, -0.25) is 0 Å². The van der Waals surface area contributed by atoms with E-state index in [0.717, 1.165) is 18.8 Å². The molecular formula is C11H18N2O. The van der Waals surface area contributed by atoms with Crippen LogP contribution >= 0.6 is 0 Å². The van der Waals surface area contributed by atoms with E-state index in [4.69, 9.17) is 4.74 Å². The van der Waals surface area contributed by atoms with Crippen LogP contribution in [0.1, 0.15) is 26.5 Å². The molecule has 3 heteroatoms. The molecule has 0 unspecified atom stereocenters. The van der Waals surface area contributed by atoms with Crippen molar-refractivity contribution < 1.29 is 4.74 Å². The zero-order valence-corrected chi connectivity index (χ0v) is 9.08. The third kappa shape index (κ3) is 3.75. The maximum absolute atomic E-state index is 5.50. The van der Waals surface area contributed by atoms with Gasteiger partial charge in [-0.25, -0.2) is 4.98 Å². The van der Waals surface area contributed by atoms with Crippen LogP contribution in [0.3, 0.4) is 0 Å². The Kier molecular flexibility index (Phi) is 4.40. The van der Waals surface area contributed by atoms with Gasteiger partial charge in [-0.05, 0) is 26.5 Å². The van der Waals surface area contributed by atoms with E-state index in [-0.39, 0.29) is 6.10 Å². The first kappa shape index (κ1) is 11.0.